The Bertz CT molecular complexity index is 1090. The van der Waals surface area contributed by atoms with Crippen molar-refractivity contribution < 1.29 is 0 Å². The smallest absolute Gasteiger partial charge is 0.0795 e. The number of aryl methyl sites for hydroxylation is 1. The molecular weight excluding hydrogens is 266 g/mol. The standard InChI is InChI=1S/C21H15N/c1-12-7-8-14-15-9-10-17-16-5-3-4-6-20(16)22-21(17)19(15)11-18(14)13(12)2/h3-11H,1-2H3. The molecule has 0 amide bonds. The van der Waals surface area contributed by atoms with Crippen molar-refractivity contribution in [2.75, 3.05) is 0 Å². The molecule has 0 saturated carbocycles. The van der Waals surface area contributed by atoms with Crippen molar-refractivity contribution in [2.45, 2.75) is 13.8 Å². The van der Waals surface area contributed by atoms with Gasteiger partial charge in [0.05, 0.1) is 11.0 Å². The largest absolute Gasteiger partial charge is 0.247 e. The fourth-order valence-electron chi connectivity index (χ4n) is 3.65. The molecule has 0 spiro atoms. The van der Waals surface area contributed by atoms with E-state index >= 15 is 0 Å². The minimum absolute atomic E-state index is 1.09. The minimum atomic E-state index is 1.09. The van der Waals surface area contributed by atoms with Crippen LogP contribution in [0.4, 0.5) is 5.69 Å². The van der Waals surface area contributed by atoms with Crippen LogP contribution in [0.25, 0.3) is 28.3 Å². The zero-order chi connectivity index (χ0) is 14.8. The molecule has 0 N–H and O–H groups in total. The summed E-state index contributed by atoms with van der Waals surface area (Å²) in [4.78, 5) is 4.89. The zero-order valence-corrected chi connectivity index (χ0v) is 12.6. The lowest BCUT2D eigenvalue weighted by Crippen LogP contribution is -2.25. The van der Waals surface area contributed by atoms with Gasteiger partial charge in [0.25, 0.3) is 0 Å². The summed E-state index contributed by atoms with van der Waals surface area (Å²) < 4.78 is 0. The highest BCUT2D eigenvalue weighted by Crippen LogP contribution is 2.35. The number of para-hydroxylation sites is 1. The molecule has 22 heavy (non-hydrogen) atoms. The second-order valence-corrected chi connectivity index (χ2v) is 6.16. The molecular formula is C21H15N. The lowest BCUT2D eigenvalue weighted by molar-refractivity contribution is 1.33. The van der Waals surface area contributed by atoms with Crippen LogP contribution < -0.4 is 10.6 Å². The topological polar surface area (TPSA) is 12.4 Å². The van der Waals surface area contributed by atoms with Gasteiger partial charge in [-0.3, -0.25) is 0 Å². The Morgan fingerprint density at radius 1 is 0.727 bits per heavy atom. The van der Waals surface area contributed by atoms with E-state index in [4.69, 9.17) is 4.99 Å². The molecule has 2 aliphatic rings. The van der Waals surface area contributed by atoms with Gasteiger partial charge in [-0.25, -0.2) is 4.99 Å². The average molecular weight is 281 g/mol. The molecule has 5 rings (SSSR count). The molecule has 1 aliphatic heterocycles. The summed E-state index contributed by atoms with van der Waals surface area (Å²) in [5.74, 6) is 0. The van der Waals surface area contributed by atoms with Gasteiger partial charge in [0.1, 0.15) is 0 Å². The van der Waals surface area contributed by atoms with E-state index in [-0.39, 0.29) is 0 Å². The van der Waals surface area contributed by atoms with Crippen LogP contribution in [0.2, 0.25) is 0 Å². The lowest BCUT2D eigenvalue weighted by Gasteiger charge is -2.07. The van der Waals surface area contributed by atoms with Crippen LogP contribution in [-0.4, -0.2) is 0 Å². The van der Waals surface area contributed by atoms with Crippen LogP contribution in [0.1, 0.15) is 16.7 Å². The first kappa shape index (κ1) is 11.9. The maximum atomic E-state index is 4.89. The Balaban J connectivity index is 1.91. The van der Waals surface area contributed by atoms with Gasteiger partial charge < -0.3 is 0 Å². The quantitative estimate of drug-likeness (QED) is 0.406. The van der Waals surface area contributed by atoms with E-state index in [9.17, 15) is 0 Å². The molecule has 3 aromatic rings. The second kappa shape index (κ2) is 3.95. The second-order valence-electron chi connectivity index (χ2n) is 6.16. The van der Waals surface area contributed by atoms with Gasteiger partial charge in [-0.15, -0.1) is 0 Å². The molecule has 1 heterocycles. The van der Waals surface area contributed by atoms with E-state index in [2.05, 4.69) is 68.5 Å². The van der Waals surface area contributed by atoms with E-state index < -0.39 is 0 Å². The van der Waals surface area contributed by atoms with Gasteiger partial charge >= 0.3 is 0 Å². The van der Waals surface area contributed by atoms with E-state index in [0.29, 0.717) is 0 Å². The Kier molecular flexibility index (Phi) is 2.14. The Hall–Kier alpha value is -2.67. The summed E-state index contributed by atoms with van der Waals surface area (Å²) in [5, 5.41) is 2.41. The van der Waals surface area contributed by atoms with Gasteiger partial charge in [-0.05, 0) is 53.8 Å². The molecule has 0 atom stereocenters. The highest BCUT2D eigenvalue weighted by Gasteiger charge is 2.20. The first-order valence-electron chi connectivity index (χ1n) is 7.67. The van der Waals surface area contributed by atoms with Crippen LogP contribution in [-0.2, 0) is 0 Å². The third-order valence-corrected chi connectivity index (χ3v) is 5.01. The normalized spacial score (nSPS) is 12.8. The molecule has 1 aliphatic carbocycles. The molecule has 3 aromatic carbocycles. The van der Waals surface area contributed by atoms with Crippen molar-refractivity contribution in [1.29, 1.82) is 0 Å². The number of rotatable bonds is 0. The fraction of sp³-hybridized carbons (Fsp3) is 0.0952. The monoisotopic (exact) mass is 281 g/mol. The summed E-state index contributed by atoms with van der Waals surface area (Å²) >= 11 is 0. The molecule has 0 unspecified atom stereocenters. The Morgan fingerprint density at radius 2 is 1.50 bits per heavy atom. The highest BCUT2D eigenvalue weighted by atomic mass is 14.8. The first-order chi connectivity index (χ1) is 10.7. The van der Waals surface area contributed by atoms with E-state index in [1.807, 2.05) is 0 Å². The summed E-state index contributed by atoms with van der Waals surface area (Å²) in [7, 11) is 0. The van der Waals surface area contributed by atoms with Crippen LogP contribution in [0.5, 0.6) is 0 Å². The van der Waals surface area contributed by atoms with Crippen LogP contribution in [0, 0.1) is 13.8 Å². The minimum Gasteiger partial charge on any atom is -0.247 e. The van der Waals surface area contributed by atoms with E-state index in [1.165, 1.54) is 44.2 Å². The maximum absolute atomic E-state index is 4.89. The van der Waals surface area contributed by atoms with Gasteiger partial charge in [-0.1, -0.05) is 42.5 Å². The first-order valence-corrected chi connectivity index (χ1v) is 7.67. The van der Waals surface area contributed by atoms with Crippen molar-refractivity contribution in [3.8, 4) is 22.3 Å². The predicted molar refractivity (Wildman–Crippen MR) is 90.8 cm³/mol. The number of fused-ring (bicyclic) bond motifs is 7. The molecule has 104 valence electrons. The van der Waals surface area contributed by atoms with Crippen molar-refractivity contribution in [1.82, 2.24) is 0 Å². The van der Waals surface area contributed by atoms with Crippen LogP contribution >= 0.6 is 0 Å². The zero-order valence-electron chi connectivity index (χ0n) is 12.6. The van der Waals surface area contributed by atoms with Crippen molar-refractivity contribution in [3.05, 3.63) is 75.8 Å². The van der Waals surface area contributed by atoms with Gasteiger partial charge in [0, 0.05) is 16.3 Å². The highest BCUT2D eigenvalue weighted by molar-refractivity contribution is 5.88. The molecule has 1 nitrogen and oxygen atoms in total. The van der Waals surface area contributed by atoms with Crippen LogP contribution in [0.15, 0.2) is 53.5 Å². The maximum Gasteiger partial charge on any atom is 0.0795 e. The summed E-state index contributed by atoms with van der Waals surface area (Å²) in [6.07, 6.45) is 2.32. The molecule has 0 aromatic heterocycles. The average Bonchev–Trinajstić information content (AvgIpc) is 3.09. The summed E-state index contributed by atoms with van der Waals surface area (Å²) in [6, 6.07) is 17.3. The van der Waals surface area contributed by atoms with Crippen molar-refractivity contribution in [2.24, 2.45) is 4.99 Å². The molecule has 0 bridgehead atoms. The number of nitrogens with zero attached hydrogens (tertiary/aromatic N) is 1. The van der Waals surface area contributed by atoms with Crippen molar-refractivity contribution in [3.63, 3.8) is 0 Å². The molecule has 1 heteroatoms. The third-order valence-electron chi connectivity index (χ3n) is 5.01. The Labute approximate surface area is 129 Å². The summed E-state index contributed by atoms with van der Waals surface area (Å²) in [5.41, 5.74) is 10.3. The number of hydrogen-bond donors (Lipinski definition) is 0. The van der Waals surface area contributed by atoms with Gasteiger partial charge in [0.15, 0.2) is 0 Å². The SMILES string of the molecule is Cc1ccc2c(c1C)C=c1c-2ccc2c1=Nc1ccccc1-2. The van der Waals surface area contributed by atoms with Gasteiger partial charge in [-0.2, -0.15) is 0 Å². The molecule has 0 saturated heterocycles. The molecule has 0 fully saturated rings. The lowest BCUT2D eigenvalue weighted by atomic mass is 9.97. The fourth-order valence-corrected chi connectivity index (χ4v) is 3.65. The van der Waals surface area contributed by atoms with E-state index in [0.717, 1.165) is 11.0 Å². The predicted octanol–water partition coefficient (Wildman–Crippen LogP) is 4.04. The number of benzene rings is 3. The number of hydrogen-bond acceptors (Lipinski definition) is 1. The third kappa shape index (κ3) is 1.36. The van der Waals surface area contributed by atoms with E-state index in [1.54, 1.807) is 0 Å². The Morgan fingerprint density at radius 3 is 2.41 bits per heavy atom. The van der Waals surface area contributed by atoms with Crippen molar-refractivity contribution >= 4 is 11.8 Å². The summed E-state index contributed by atoms with van der Waals surface area (Å²) in [6.45, 7) is 4.39. The van der Waals surface area contributed by atoms with Gasteiger partial charge in [0.2, 0.25) is 0 Å². The van der Waals surface area contributed by atoms with Crippen LogP contribution in [0.3, 0.4) is 0 Å². The molecule has 0 radical (unpaired) electrons.